The largest absolute Gasteiger partial charge is 0.348 e. The summed E-state index contributed by atoms with van der Waals surface area (Å²) in [5.74, 6) is -0.116. The molecule has 0 aliphatic heterocycles. The van der Waals surface area contributed by atoms with Crippen LogP contribution in [0, 0.1) is 0 Å². The molecule has 3 aromatic rings. The Kier molecular flexibility index (Phi) is 2.56. The lowest BCUT2D eigenvalue weighted by molar-refractivity contribution is 0.0946. The Morgan fingerprint density at radius 3 is 3.05 bits per heavy atom. The first-order valence-corrected chi connectivity index (χ1v) is 7.39. The molecule has 1 aliphatic rings. The number of hydrogen-bond donors (Lipinski definition) is 1. The van der Waals surface area contributed by atoms with Gasteiger partial charge in [0.25, 0.3) is 5.91 Å². The quantitative estimate of drug-likeness (QED) is 0.803. The molecule has 1 amide bonds. The topological polar surface area (TPSA) is 59.3 Å². The molecular formula is C14H12N4OS. The highest BCUT2D eigenvalue weighted by molar-refractivity contribution is 7.13. The van der Waals surface area contributed by atoms with Gasteiger partial charge in [-0.1, -0.05) is 6.07 Å². The summed E-state index contributed by atoms with van der Waals surface area (Å²) < 4.78 is 1.73. The van der Waals surface area contributed by atoms with E-state index in [1.807, 2.05) is 23.6 Å². The maximum Gasteiger partial charge on any atom is 0.272 e. The van der Waals surface area contributed by atoms with Crippen molar-refractivity contribution >= 4 is 22.9 Å². The highest BCUT2D eigenvalue weighted by Crippen LogP contribution is 2.25. The molecule has 1 saturated carbocycles. The van der Waals surface area contributed by atoms with Crippen LogP contribution in [0.15, 0.2) is 35.8 Å². The number of thiophene rings is 1. The average molecular weight is 284 g/mol. The summed E-state index contributed by atoms with van der Waals surface area (Å²) in [5, 5.41) is 9.36. The molecule has 0 unspecified atom stereocenters. The predicted octanol–water partition coefficient (Wildman–Crippen LogP) is 2.35. The van der Waals surface area contributed by atoms with Crippen LogP contribution in [0.5, 0.6) is 0 Å². The molecule has 3 aromatic heterocycles. The molecule has 0 spiro atoms. The normalized spacial score (nSPS) is 14.6. The van der Waals surface area contributed by atoms with E-state index in [-0.39, 0.29) is 5.91 Å². The average Bonchev–Trinajstić information content (AvgIpc) is 2.97. The minimum absolute atomic E-state index is 0.116. The fraction of sp³-hybridized carbons (Fsp3) is 0.214. The molecule has 20 heavy (non-hydrogen) atoms. The molecule has 0 aromatic carbocycles. The minimum atomic E-state index is -0.116. The highest BCUT2D eigenvalue weighted by atomic mass is 32.1. The van der Waals surface area contributed by atoms with E-state index in [2.05, 4.69) is 15.4 Å². The Morgan fingerprint density at radius 1 is 1.40 bits per heavy atom. The molecular weight excluding hydrogens is 272 g/mol. The maximum absolute atomic E-state index is 12.1. The maximum atomic E-state index is 12.1. The summed E-state index contributed by atoms with van der Waals surface area (Å²) in [6, 6.07) is 8.00. The SMILES string of the molecule is O=C(NC1CC1)c1cc2nccc(-c3cccs3)n2n1. The van der Waals surface area contributed by atoms with E-state index in [1.165, 1.54) is 0 Å². The molecule has 0 atom stereocenters. The number of hydrogen-bond acceptors (Lipinski definition) is 4. The summed E-state index contributed by atoms with van der Waals surface area (Å²) in [7, 11) is 0. The number of fused-ring (bicyclic) bond motifs is 1. The first-order valence-electron chi connectivity index (χ1n) is 6.51. The van der Waals surface area contributed by atoms with Crippen LogP contribution in [0.1, 0.15) is 23.3 Å². The van der Waals surface area contributed by atoms with Crippen molar-refractivity contribution in [2.24, 2.45) is 0 Å². The lowest BCUT2D eigenvalue weighted by Gasteiger charge is -2.01. The highest BCUT2D eigenvalue weighted by Gasteiger charge is 2.25. The van der Waals surface area contributed by atoms with E-state index in [1.54, 1.807) is 28.1 Å². The number of amides is 1. The van der Waals surface area contributed by atoms with E-state index in [4.69, 9.17) is 0 Å². The van der Waals surface area contributed by atoms with Crippen molar-refractivity contribution in [3.8, 4) is 10.6 Å². The third kappa shape index (κ3) is 1.98. The lowest BCUT2D eigenvalue weighted by Crippen LogP contribution is -2.25. The lowest BCUT2D eigenvalue weighted by atomic mass is 10.3. The molecule has 0 radical (unpaired) electrons. The van der Waals surface area contributed by atoms with Gasteiger partial charge in [-0.25, -0.2) is 9.50 Å². The third-order valence-corrected chi connectivity index (χ3v) is 4.17. The third-order valence-electron chi connectivity index (χ3n) is 3.28. The van der Waals surface area contributed by atoms with Crippen LogP contribution in [-0.4, -0.2) is 26.5 Å². The van der Waals surface area contributed by atoms with Gasteiger partial charge in [-0.2, -0.15) is 5.10 Å². The van der Waals surface area contributed by atoms with Gasteiger partial charge in [-0.3, -0.25) is 4.79 Å². The molecule has 100 valence electrons. The molecule has 1 fully saturated rings. The van der Waals surface area contributed by atoms with Crippen LogP contribution in [0.3, 0.4) is 0 Å². The summed E-state index contributed by atoms with van der Waals surface area (Å²) >= 11 is 1.64. The summed E-state index contributed by atoms with van der Waals surface area (Å²) in [6.45, 7) is 0. The Morgan fingerprint density at radius 2 is 2.30 bits per heavy atom. The van der Waals surface area contributed by atoms with E-state index >= 15 is 0 Å². The Balaban J connectivity index is 1.78. The first kappa shape index (κ1) is 11.6. The number of aromatic nitrogens is 3. The van der Waals surface area contributed by atoms with Gasteiger partial charge in [-0.05, 0) is 30.4 Å². The second-order valence-electron chi connectivity index (χ2n) is 4.85. The van der Waals surface area contributed by atoms with Crippen molar-refractivity contribution in [2.75, 3.05) is 0 Å². The predicted molar refractivity (Wildman–Crippen MR) is 76.8 cm³/mol. The zero-order chi connectivity index (χ0) is 13.5. The zero-order valence-electron chi connectivity index (χ0n) is 10.6. The van der Waals surface area contributed by atoms with Crippen molar-refractivity contribution < 1.29 is 4.79 Å². The Hall–Kier alpha value is -2.21. The summed E-state index contributed by atoms with van der Waals surface area (Å²) in [6.07, 6.45) is 3.88. The Labute approximate surface area is 119 Å². The zero-order valence-corrected chi connectivity index (χ0v) is 11.4. The van der Waals surface area contributed by atoms with E-state index in [0.29, 0.717) is 17.4 Å². The molecule has 1 aliphatic carbocycles. The second-order valence-corrected chi connectivity index (χ2v) is 5.80. The molecule has 0 saturated heterocycles. The molecule has 4 rings (SSSR count). The van der Waals surface area contributed by atoms with Gasteiger partial charge in [0.05, 0.1) is 10.6 Å². The monoisotopic (exact) mass is 284 g/mol. The number of carbonyl (C=O) groups is 1. The van der Waals surface area contributed by atoms with Gasteiger partial charge in [0.1, 0.15) is 0 Å². The van der Waals surface area contributed by atoms with E-state index in [9.17, 15) is 4.79 Å². The van der Waals surface area contributed by atoms with Gasteiger partial charge < -0.3 is 5.32 Å². The molecule has 5 nitrogen and oxygen atoms in total. The van der Waals surface area contributed by atoms with E-state index in [0.717, 1.165) is 23.4 Å². The molecule has 6 heteroatoms. The molecule has 3 heterocycles. The number of rotatable bonds is 3. The van der Waals surface area contributed by atoms with Crippen LogP contribution < -0.4 is 5.32 Å². The van der Waals surface area contributed by atoms with Crippen molar-refractivity contribution in [3.63, 3.8) is 0 Å². The molecule has 1 N–H and O–H groups in total. The minimum Gasteiger partial charge on any atom is -0.348 e. The second kappa shape index (κ2) is 4.42. The standard InChI is InChI=1S/C14H12N4OS/c19-14(16-9-3-4-9)10-8-13-15-6-5-11(18(13)17-10)12-2-1-7-20-12/h1-2,5-9H,3-4H2,(H,16,19). The van der Waals surface area contributed by atoms with Crippen LogP contribution in [-0.2, 0) is 0 Å². The Bertz CT molecular complexity index is 774. The number of nitrogens with zero attached hydrogens (tertiary/aromatic N) is 3. The van der Waals surface area contributed by atoms with Gasteiger partial charge >= 0.3 is 0 Å². The van der Waals surface area contributed by atoms with Gasteiger partial charge in [0.2, 0.25) is 0 Å². The van der Waals surface area contributed by atoms with Gasteiger partial charge in [0.15, 0.2) is 11.3 Å². The van der Waals surface area contributed by atoms with Gasteiger partial charge in [-0.15, -0.1) is 11.3 Å². The summed E-state index contributed by atoms with van der Waals surface area (Å²) in [5.41, 5.74) is 2.07. The fourth-order valence-electron chi connectivity index (χ4n) is 2.10. The molecule has 0 bridgehead atoms. The fourth-order valence-corrected chi connectivity index (χ4v) is 2.84. The first-order chi connectivity index (χ1) is 9.81. The van der Waals surface area contributed by atoms with Gasteiger partial charge in [0, 0.05) is 18.3 Å². The number of carbonyl (C=O) groups excluding carboxylic acids is 1. The number of nitrogens with one attached hydrogen (secondary N) is 1. The van der Waals surface area contributed by atoms with E-state index < -0.39 is 0 Å². The van der Waals surface area contributed by atoms with Crippen LogP contribution >= 0.6 is 11.3 Å². The van der Waals surface area contributed by atoms with Crippen LogP contribution in [0.25, 0.3) is 16.2 Å². The van der Waals surface area contributed by atoms with Crippen molar-refractivity contribution in [2.45, 2.75) is 18.9 Å². The van der Waals surface area contributed by atoms with Crippen molar-refractivity contribution in [1.29, 1.82) is 0 Å². The smallest absolute Gasteiger partial charge is 0.272 e. The van der Waals surface area contributed by atoms with Crippen LogP contribution in [0.2, 0.25) is 0 Å². The van der Waals surface area contributed by atoms with Crippen LogP contribution in [0.4, 0.5) is 0 Å². The summed E-state index contributed by atoms with van der Waals surface area (Å²) in [4.78, 5) is 17.4. The van der Waals surface area contributed by atoms with Crippen molar-refractivity contribution in [3.05, 3.63) is 41.5 Å². The van der Waals surface area contributed by atoms with Crippen molar-refractivity contribution in [1.82, 2.24) is 19.9 Å².